The van der Waals surface area contributed by atoms with Gasteiger partial charge in [0, 0.05) is 6.61 Å². The lowest BCUT2D eigenvalue weighted by atomic mass is 9.98. The predicted molar refractivity (Wildman–Crippen MR) is 53.6 cm³/mol. The molecule has 76 valence electrons. The number of rotatable bonds is 4. The lowest BCUT2D eigenvalue weighted by Crippen LogP contribution is -2.32. The standard InChI is InChI=1S/C11H20O2/c1-3-9(2)8-10(12)11-6-4-5-7-13-11/h10-12H,2-8H2,1H3. The van der Waals surface area contributed by atoms with Crippen molar-refractivity contribution in [3.63, 3.8) is 0 Å². The molecule has 1 heterocycles. The lowest BCUT2D eigenvalue weighted by molar-refractivity contribution is -0.0612. The van der Waals surface area contributed by atoms with Gasteiger partial charge in [-0.25, -0.2) is 0 Å². The van der Waals surface area contributed by atoms with Crippen molar-refractivity contribution in [2.45, 2.75) is 51.2 Å². The van der Waals surface area contributed by atoms with Crippen molar-refractivity contribution < 1.29 is 9.84 Å². The van der Waals surface area contributed by atoms with E-state index >= 15 is 0 Å². The van der Waals surface area contributed by atoms with Crippen molar-refractivity contribution in [1.29, 1.82) is 0 Å². The van der Waals surface area contributed by atoms with Crippen LogP contribution in [-0.4, -0.2) is 23.9 Å². The lowest BCUT2D eigenvalue weighted by Gasteiger charge is -2.27. The fourth-order valence-electron chi connectivity index (χ4n) is 1.64. The molecule has 0 saturated carbocycles. The van der Waals surface area contributed by atoms with Crippen LogP contribution >= 0.6 is 0 Å². The molecule has 1 saturated heterocycles. The van der Waals surface area contributed by atoms with Gasteiger partial charge in [0.2, 0.25) is 0 Å². The second kappa shape index (κ2) is 5.40. The number of ether oxygens (including phenoxy) is 1. The molecule has 13 heavy (non-hydrogen) atoms. The molecular formula is C11H20O2. The Labute approximate surface area is 80.6 Å². The first-order valence-electron chi connectivity index (χ1n) is 5.20. The molecule has 0 aromatic carbocycles. The number of aliphatic hydroxyl groups is 1. The van der Waals surface area contributed by atoms with Gasteiger partial charge < -0.3 is 9.84 Å². The maximum absolute atomic E-state index is 9.79. The van der Waals surface area contributed by atoms with E-state index in [1.807, 2.05) is 0 Å². The molecule has 0 aromatic rings. The van der Waals surface area contributed by atoms with Crippen LogP contribution in [0.3, 0.4) is 0 Å². The minimum Gasteiger partial charge on any atom is -0.390 e. The van der Waals surface area contributed by atoms with Crippen molar-refractivity contribution in [1.82, 2.24) is 0 Å². The van der Waals surface area contributed by atoms with Gasteiger partial charge in [-0.15, -0.1) is 0 Å². The normalized spacial score (nSPS) is 25.5. The number of aliphatic hydroxyl groups excluding tert-OH is 1. The monoisotopic (exact) mass is 184 g/mol. The first-order valence-corrected chi connectivity index (χ1v) is 5.20. The zero-order chi connectivity index (χ0) is 9.68. The molecule has 1 aliphatic rings. The summed E-state index contributed by atoms with van der Waals surface area (Å²) in [5, 5.41) is 9.79. The maximum Gasteiger partial charge on any atom is 0.0838 e. The van der Waals surface area contributed by atoms with E-state index in [-0.39, 0.29) is 12.2 Å². The quantitative estimate of drug-likeness (QED) is 0.679. The second-order valence-corrected chi connectivity index (χ2v) is 3.78. The van der Waals surface area contributed by atoms with E-state index in [0.29, 0.717) is 6.42 Å². The van der Waals surface area contributed by atoms with Crippen molar-refractivity contribution in [2.24, 2.45) is 0 Å². The summed E-state index contributed by atoms with van der Waals surface area (Å²) in [6.07, 6.45) is 4.67. The average molecular weight is 184 g/mol. The smallest absolute Gasteiger partial charge is 0.0838 e. The van der Waals surface area contributed by atoms with E-state index in [0.717, 1.165) is 31.4 Å². The Balaban J connectivity index is 2.28. The third kappa shape index (κ3) is 3.49. The molecular weight excluding hydrogens is 164 g/mol. The molecule has 2 heteroatoms. The summed E-state index contributed by atoms with van der Waals surface area (Å²) in [4.78, 5) is 0. The molecule has 1 fully saturated rings. The fourth-order valence-corrected chi connectivity index (χ4v) is 1.64. The van der Waals surface area contributed by atoms with E-state index < -0.39 is 0 Å². The molecule has 0 aliphatic carbocycles. The fraction of sp³-hybridized carbons (Fsp3) is 0.818. The molecule has 1 aliphatic heterocycles. The predicted octanol–water partition coefficient (Wildman–Crippen LogP) is 2.27. The Kier molecular flexibility index (Phi) is 4.46. The Bertz CT molecular complexity index is 159. The topological polar surface area (TPSA) is 29.5 Å². The van der Waals surface area contributed by atoms with E-state index in [9.17, 15) is 5.11 Å². The molecule has 1 N–H and O–H groups in total. The molecule has 0 spiro atoms. The van der Waals surface area contributed by atoms with Crippen LogP contribution in [0, 0.1) is 0 Å². The van der Waals surface area contributed by atoms with E-state index in [1.165, 1.54) is 6.42 Å². The largest absolute Gasteiger partial charge is 0.390 e. The molecule has 1 rings (SSSR count). The Morgan fingerprint density at radius 1 is 1.62 bits per heavy atom. The summed E-state index contributed by atoms with van der Waals surface area (Å²) in [7, 11) is 0. The Hall–Kier alpha value is -0.340. The third-order valence-electron chi connectivity index (χ3n) is 2.64. The Morgan fingerprint density at radius 3 is 2.92 bits per heavy atom. The molecule has 0 amide bonds. The van der Waals surface area contributed by atoms with Gasteiger partial charge in [0.25, 0.3) is 0 Å². The van der Waals surface area contributed by atoms with Crippen molar-refractivity contribution in [3.05, 3.63) is 12.2 Å². The van der Waals surface area contributed by atoms with Crippen LogP contribution in [0.25, 0.3) is 0 Å². The number of hydrogen-bond donors (Lipinski definition) is 1. The first kappa shape index (κ1) is 10.7. The maximum atomic E-state index is 9.79. The van der Waals surface area contributed by atoms with Gasteiger partial charge in [-0.1, -0.05) is 19.1 Å². The van der Waals surface area contributed by atoms with Gasteiger partial charge in [0.15, 0.2) is 0 Å². The van der Waals surface area contributed by atoms with Gasteiger partial charge in [-0.2, -0.15) is 0 Å². The highest BCUT2D eigenvalue weighted by molar-refractivity contribution is 4.96. The van der Waals surface area contributed by atoms with Gasteiger partial charge in [0.05, 0.1) is 12.2 Å². The molecule has 0 radical (unpaired) electrons. The van der Waals surface area contributed by atoms with Gasteiger partial charge >= 0.3 is 0 Å². The van der Waals surface area contributed by atoms with Crippen LogP contribution in [0.1, 0.15) is 39.0 Å². The van der Waals surface area contributed by atoms with Crippen LogP contribution in [0.5, 0.6) is 0 Å². The van der Waals surface area contributed by atoms with Crippen molar-refractivity contribution in [2.75, 3.05) is 6.61 Å². The van der Waals surface area contributed by atoms with Crippen molar-refractivity contribution in [3.8, 4) is 0 Å². The average Bonchev–Trinajstić information content (AvgIpc) is 2.19. The van der Waals surface area contributed by atoms with Crippen LogP contribution in [0.2, 0.25) is 0 Å². The summed E-state index contributed by atoms with van der Waals surface area (Å²) in [6, 6.07) is 0. The molecule has 0 aromatic heterocycles. The van der Waals surface area contributed by atoms with Gasteiger partial charge in [0.1, 0.15) is 0 Å². The first-order chi connectivity index (χ1) is 6.24. The number of hydrogen-bond acceptors (Lipinski definition) is 2. The van der Waals surface area contributed by atoms with Crippen LogP contribution in [0.4, 0.5) is 0 Å². The van der Waals surface area contributed by atoms with Crippen LogP contribution in [0.15, 0.2) is 12.2 Å². The van der Waals surface area contributed by atoms with E-state index in [1.54, 1.807) is 0 Å². The zero-order valence-corrected chi connectivity index (χ0v) is 8.46. The SMILES string of the molecule is C=C(CC)CC(O)C1CCCCO1. The van der Waals surface area contributed by atoms with Gasteiger partial charge in [-0.3, -0.25) is 0 Å². The molecule has 2 unspecified atom stereocenters. The highest BCUT2D eigenvalue weighted by atomic mass is 16.5. The summed E-state index contributed by atoms with van der Waals surface area (Å²) >= 11 is 0. The van der Waals surface area contributed by atoms with Crippen LogP contribution in [-0.2, 0) is 4.74 Å². The van der Waals surface area contributed by atoms with E-state index in [2.05, 4.69) is 13.5 Å². The molecule has 2 atom stereocenters. The van der Waals surface area contributed by atoms with E-state index in [4.69, 9.17) is 4.74 Å². The summed E-state index contributed by atoms with van der Waals surface area (Å²) in [5.74, 6) is 0. The van der Waals surface area contributed by atoms with Crippen molar-refractivity contribution >= 4 is 0 Å². The Morgan fingerprint density at radius 2 is 2.38 bits per heavy atom. The summed E-state index contributed by atoms with van der Waals surface area (Å²) in [5.41, 5.74) is 1.11. The second-order valence-electron chi connectivity index (χ2n) is 3.78. The summed E-state index contributed by atoms with van der Waals surface area (Å²) in [6.45, 7) is 6.76. The minimum atomic E-state index is -0.340. The zero-order valence-electron chi connectivity index (χ0n) is 8.46. The highest BCUT2D eigenvalue weighted by Gasteiger charge is 2.22. The summed E-state index contributed by atoms with van der Waals surface area (Å²) < 4.78 is 5.49. The third-order valence-corrected chi connectivity index (χ3v) is 2.64. The van der Waals surface area contributed by atoms with Crippen LogP contribution < -0.4 is 0 Å². The minimum absolute atomic E-state index is 0.0528. The highest BCUT2D eigenvalue weighted by Crippen LogP contribution is 2.20. The molecule has 2 nitrogen and oxygen atoms in total. The van der Waals surface area contributed by atoms with Gasteiger partial charge in [-0.05, 0) is 32.1 Å². The molecule has 0 bridgehead atoms.